The van der Waals surface area contributed by atoms with Crippen LogP contribution in [0.2, 0.25) is 0 Å². The molecule has 152 valence electrons. The van der Waals surface area contributed by atoms with E-state index in [1.807, 2.05) is 78.9 Å². The normalized spacial score (nSPS) is 14.3. The Labute approximate surface area is 175 Å². The molecule has 5 heteroatoms. The van der Waals surface area contributed by atoms with Gasteiger partial charge in [-0.3, -0.25) is 4.79 Å². The van der Waals surface area contributed by atoms with E-state index < -0.39 is 18.1 Å². The second kappa shape index (κ2) is 8.51. The highest BCUT2D eigenvalue weighted by Crippen LogP contribution is 2.46. The lowest BCUT2D eigenvalue weighted by Crippen LogP contribution is -2.47. The molecule has 1 aliphatic carbocycles. The van der Waals surface area contributed by atoms with Gasteiger partial charge in [-0.25, -0.2) is 4.79 Å². The average Bonchev–Trinajstić information content (AvgIpc) is 3.12. The molecule has 0 unspecified atom stereocenters. The van der Waals surface area contributed by atoms with Crippen molar-refractivity contribution in [1.82, 2.24) is 5.32 Å². The minimum absolute atomic E-state index is 0.345. The van der Waals surface area contributed by atoms with Gasteiger partial charge < -0.3 is 14.8 Å². The van der Waals surface area contributed by atoms with Gasteiger partial charge in [0.25, 0.3) is 5.91 Å². The largest absolute Gasteiger partial charge is 0.467 e. The molecule has 30 heavy (non-hydrogen) atoms. The lowest BCUT2D eigenvalue weighted by Gasteiger charge is -2.26. The first-order valence-electron chi connectivity index (χ1n) is 9.80. The van der Waals surface area contributed by atoms with Gasteiger partial charge in [-0.15, -0.1) is 0 Å². The molecule has 4 rings (SSSR count). The molecule has 0 spiro atoms. The number of carbonyl (C=O) groups excluding carboxylic acids is 2. The van der Waals surface area contributed by atoms with Gasteiger partial charge in [0.2, 0.25) is 0 Å². The van der Waals surface area contributed by atoms with Crippen LogP contribution in [0, 0.1) is 0 Å². The van der Waals surface area contributed by atoms with Gasteiger partial charge in [0.05, 0.1) is 7.11 Å². The molecule has 1 amide bonds. The summed E-state index contributed by atoms with van der Waals surface area (Å²) < 4.78 is 10.5. The minimum Gasteiger partial charge on any atom is -0.467 e. The number of nitrogens with one attached hydrogen (secondary N) is 1. The Kier molecular flexibility index (Phi) is 5.63. The molecule has 0 bridgehead atoms. The Bertz CT molecular complexity index is 1020. The first kappa shape index (κ1) is 19.9. The fourth-order valence-corrected chi connectivity index (χ4v) is 4.21. The fourth-order valence-electron chi connectivity index (χ4n) is 4.21. The zero-order valence-electron chi connectivity index (χ0n) is 16.9. The summed E-state index contributed by atoms with van der Waals surface area (Å²) in [5, 5.41) is 2.90. The first-order valence-corrected chi connectivity index (χ1v) is 9.80. The molecule has 3 aromatic rings. The lowest BCUT2D eigenvalue weighted by molar-refractivity contribution is -0.147. The van der Waals surface area contributed by atoms with Crippen LogP contribution in [0.1, 0.15) is 28.7 Å². The second-order valence-electron chi connectivity index (χ2n) is 7.19. The van der Waals surface area contributed by atoms with E-state index in [9.17, 15) is 9.59 Å². The number of methoxy groups -OCH3 is 2. The Morgan fingerprint density at radius 3 is 1.87 bits per heavy atom. The summed E-state index contributed by atoms with van der Waals surface area (Å²) in [6, 6.07) is 24.2. The highest BCUT2D eigenvalue weighted by Gasteiger charge is 2.40. The van der Waals surface area contributed by atoms with Crippen LogP contribution in [-0.4, -0.2) is 32.1 Å². The van der Waals surface area contributed by atoms with Gasteiger partial charge in [-0.1, -0.05) is 78.9 Å². The molecule has 0 aromatic heterocycles. The van der Waals surface area contributed by atoms with Gasteiger partial charge in [0.15, 0.2) is 6.10 Å². The predicted octanol–water partition coefficient (Wildman–Crippen LogP) is 3.84. The third kappa shape index (κ3) is 3.48. The van der Waals surface area contributed by atoms with Crippen LogP contribution < -0.4 is 5.32 Å². The molecule has 0 radical (unpaired) electrons. The van der Waals surface area contributed by atoms with Crippen molar-refractivity contribution in [3.63, 3.8) is 0 Å². The third-order valence-corrected chi connectivity index (χ3v) is 5.54. The van der Waals surface area contributed by atoms with E-state index in [0.29, 0.717) is 5.56 Å². The van der Waals surface area contributed by atoms with Crippen molar-refractivity contribution in [2.24, 2.45) is 0 Å². The summed E-state index contributed by atoms with van der Waals surface area (Å²) in [5.41, 5.74) is 4.82. The standard InChI is InChI=1S/C25H23NO4/c1-29-23(16-10-4-3-5-11-16)24(27)26-22(25(28)30-2)21-19-14-8-6-12-17(19)18-13-7-9-15-20(18)21/h3-15,21-23H,1-2H3,(H,26,27)/t22-,23-/m0/s1. The average molecular weight is 401 g/mol. The molecule has 0 saturated carbocycles. The maximum atomic E-state index is 13.1. The molecule has 3 aromatic carbocycles. The van der Waals surface area contributed by atoms with Crippen LogP contribution in [0.4, 0.5) is 0 Å². The number of rotatable bonds is 6. The van der Waals surface area contributed by atoms with Crippen molar-refractivity contribution < 1.29 is 19.1 Å². The molecule has 0 aliphatic heterocycles. The minimum atomic E-state index is -0.881. The summed E-state index contributed by atoms with van der Waals surface area (Å²) in [6.07, 6.45) is -0.828. The predicted molar refractivity (Wildman–Crippen MR) is 114 cm³/mol. The Balaban J connectivity index is 1.72. The van der Waals surface area contributed by atoms with Crippen LogP contribution in [0.15, 0.2) is 78.9 Å². The maximum Gasteiger partial charge on any atom is 0.329 e. The van der Waals surface area contributed by atoms with Crippen LogP contribution in [0.5, 0.6) is 0 Å². The van der Waals surface area contributed by atoms with Gasteiger partial charge in [-0.2, -0.15) is 0 Å². The van der Waals surface area contributed by atoms with Gasteiger partial charge >= 0.3 is 5.97 Å². The zero-order chi connectivity index (χ0) is 21.1. The van der Waals surface area contributed by atoms with Gasteiger partial charge in [0.1, 0.15) is 6.04 Å². The smallest absolute Gasteiger partial charge is 0.329 e. The van der Waals surface area contributed by atoms with E-state index in [0.717, 1.165) is 22.3 Å². The molecular formula is C25H23NO4. The topological polar surface area (TPSA) is 64.6 Å². The molecule has 2 atom stereocenters. The monoisotopic (exact) mass is 401 g/mol. The molecule has 0 heterocycles. The lowest BCUT2D eigenvalue weighted by atomic mass is 9.89. The highest BCUT2D eigenvalue weighted by molar-refractivity contribution is 5.91. The van der Waals surface area contributed by atoms with E-state index in [1.54, 1.807) is 0 Å². The Hall–Kier alpha value is -3.44. The number of amides is 1. The van der Waals surface area contributed by atoms with E-state index in [-0.39, 0.29) is 11.8 Å². The van der Waals surface area contributed by atoms with Gasteiger partial charge in [0, 0.05) is 13.0 Å². The quantitative estimate of drug-likeness (QED) is 0.638. The van der Waals surface area contributed by atoms with Crippen molar-refractivity contribution in [2.45, 2.75) is 18.1 Å². The van der Waals surface area contributed by atoms with Crippen molar-refractivity contribution >= 4 is 11.9 Å². The SMILES string of the molecule is COC(=O)[C@@H](NC(=O)[C@@H](OC)c1ccccc1)C1c2ccccc2-c2ccccc21. The van der Waals surface area contributed by atoms with E-state index in [2.05, 4.69) is 5.32 Å². The molecule has 1 aliphatic rings. The summed E-state index contributed by atoms with van der Waals surface area (Å²) in [7, 11) is 2.81. The zero-order valence-corrected chi connectivity index (χ0v) is 16.9. The number of hydrogen-bond donors (Lipinski definition) is 1. The molecule has 1 N–H and O–H groups in total. The van der Waals surface area contributed by atoms with Crippen LogP contribution >= 0.6 is 0 Å². The van der Waals surface area contributed by atoms with Crippen molar-refractivity contribution in [1.29, 1.82) is 0 Å². The van der Waals surface area contributed by atoms with Crippen molar-refractivity contribution in [2.75, 3.05) is 14.2 Å². The fraction of sp³-hybridized carbons (Fsp3) is 0.200. The molecule has 0 saturated heterocycles. The molecule has 0 fully saturated rings. The number of ether oxygens (including phenoxy) is 2. The van der Waals surface area contributed by atoms with Crippen molar-refractivity contribution in [3.8, 4) is 11.1 Å². The highest BCUT2D eigenvalue weighted by atomic mass is 16.5. The van der Waals surface area contributed by atoms with Gasteiger partial charge in [-0.05, 0) is 27.8 Å². The van der Waals surface area contributed by atoms with Crippen molar-refractivity contribution in [3.05, 3.63) is 95.6 Å². The summed E-state index contributed by atoms with van der Waals surface area (Å²) in [4.78, 5) is 26.0. The number of hydrogen-bond acceptors (Lipinski definition) is 4. The van der Waals surface area contributed by atoms with Crippen LogP contribution in [-0.2, 0) is 19.1 Å². The van der Waals surface area contributed by atoms with Crippen LogP contribution in [0.3, 0.4) is 0 Å². The number of benzene rings is 3. The summed E-state index contributed by atoms with van der Waals surface area (Å²) >= 11 is 0. The first-order chi connectivity index (χ1) is 14.7. The van der Waals surface area contributed by atoms with E-state index in [1.165, 1.54) is 14.2 Å². The number of esters is 1. The number of carbonyl (C=O) groups is 2. The summed E-state index contributed by atoms with van der Waals surface area (Å²) in [6.45, 7) is 0. The van der Waals surface area contributed by atoms with E-state index in [4.69, 9.17) is 9.47 Å². The number of fused-ring (bicyclic) bond motifs is 3. The molecule has 5 nitrogen and oxygen atoms in total. The Morgan fingerprint density at radius 1 is 0.800 bits per heavy atom. The molecular weight excluding hydrogens is 378 g/mol. The second-order valence-corrected chi connectivity index (χ2v) is 7.19. The summed E-state index contributed by atoms with van der Waals surface area (Å²) in [5.74, 6) is -1.23. The Morgan fingerprint density at radius 2 is 1.33 bits per heavy atom. The van der Waals surface area contributed by atoms with E-state index >= 15 is 0 Å². The third-order valence-electron chi connectivity index (χ3n) is 5.54. The van der Waals surface area contributed by atoms with Crippen LogP contribution in [0.25, 0.3) is 11.1 Å². The maximum absolute atomic E-state index is 13.1.